The number of hydrogen-bond acceptors (Lipinski definition) is 13. The van der Waals surface area contributed by atoms with Gasteiger partial charge in [0, 0.05) is 17.7 Å². The molecule has 0 spiro atoms. The Hall–Kier alpha value is -3.80. The van der Waals surface area contributed by atoms with Crippen LogP contribution in [-0.2, 0) is 9.59 Å². The predicted octanol–water partition coefficient (Wildman–Crippen LogP) is 4.13. The van der Waals surface area contributed by atoms with Crippen LogP contribution in [0.1, 0.15) is 42.7 Å². The van der Waals surface area contributed by atoms with Crippen molar-refractivity contribution in [1.29, 1.82) is 5.26 Å². The van der Waals surface area contributed by atoms with E-state index < -0.39 is 5.92 Å². The molecule has 0 saturated heterocycles. The van der Waals surface area contributed by atoms with Crippen molar-refractivity contribution in [2.24, 2.45) is 5.73 Å². The van der Waals surface area contributed by atoms with E-state index in [0.29, 0.717) is 51.8 Å². The molecule has 1 amide bonds. The second-order valence-electron chi connectivity index (χ2n) is 8.63. The number of aromatic nitrogens is 4. The van der Waals surface area contributed by atoms with Gasteiger partial charge in [-0.05, 0) is 44.4 Å². The van der Waals surface area contributed by atoms with Crippen LogP contribution < -0.4 is 20.7 Å². The smallest absolute Gasteiger partial charge is 0.236 e. The molecule has 39 heavy (non-hydrogen) atoms. The zero-order valence-electron chi connectivity index (χ0n) is 21.1. The molecule has 1 unspecified atom stereocenters. The Morgan fingerprint density at radius 3 is 2.72 bits per heavy atom. The summed E-state index contributed by atoms with van der Waals surface area (Å²) in [6, 6.07) is 9.66. The second-order valence-corrected chi connectivity index (χ2v) is 12.0. The molecule has 0 bridgehead atoms. The summed E-state index contributed by atoms with van der Waals surface area (Å²) < 4.78 is 6.11. The molecule has 1 aliphatic heterocycles. The number of allylic oxidation sites excluding steroid dienone is 3. The number of carbonyl (C=O) groups is 2. The van der Waals surface area contributed by atoms with E-state index in [-0.39, 0.29) is 28.8 Å². The maximum Gasteiger partial charge on any atom is 0.236 e. The van der Waals surface area contributed by atoms with E-state index in [9.17, 15) is 14.9 Å². The lowest BCUT2D eigenvalue weighted by molar-refractivity contribution is -0.116. The van der Waals surface area contributed by atoms with Crippen molar-refractivity contribution >= 4 is 56.4 Å². The first-order chi connectivity index (χ1) is 18.9. The molecule has 0 saturated carbocycles. The number of anilines is 2. The standard InChI is InChI=1S/C25H24N8O3S3/c1-3-36-15-9-7-14(8-10-15)20-16(11-26)22(27)33(17-5-4-6-18(34)21(17)20)24-31-32-25(39-24)37-12-19(35)28-23-30-29-13(2)38-23/h7-10,20H,3-6,12,27H2,1-2H3,(H,28,30,35). The van der Waals surface area contributed by atoms with Gasteiger partial charge in [-0.3, -0.25) is 19.8 Å². The molecular formula is C25H24N8O3S3. The fourth-order valence-electron chi connectivity index (χ4n) is 4.54. The molecular weight excluding hydrogens is 557 g/mol. The average Bonchev–Trinajstić information content (AvgIpc) is 3.56. The highest BCUT2D eigenvalue weighted by Gasteiger charge is 2.41. The largest absolute Gasteiger partial charge is 0.494 e. The van der Waals surface area contributed by atoms with Crippen molar-refractivity contribution in [3.63, 3.8) is 0 Å². The number of amides is 1. The average molecular weight is 581 g/mol. The van der Waals surface area contributed by atoms with Crippen LogP contribution in [0.5, 0.6) is 5.75 Å². The monoisotopic (exact) mass is 580 g/mol. The Morgan fingerprint density at radius 2 is 2.03 bits per heavy atom. The molecule has 1 aromatic carbocycles. The van der Waals surface area contributed by atoms with E-state index in [0.717, 1.165) is 16.3 Å². The lowest BCUT2D eigenvalue weighted by atomic mass is 9.76. The molecule has 1 atom stereocenters. The molecule has 5 rings (SSSR count). The summed E-state index contributed by atoms with van der Waals surface area (Å²) in [7, 11) is 0. The zero-order valence-corrected chi connectivity index (χ0v) is 23.6. The predicted molar refractivity (Wildman–Crippen MR) is 149 cm³/mol. The number of rotatable bonds is 8. The maximum absolute atomic E-state index is 13.3. The van der Waals surface area contributed by atoms with Gasteiger partial charge >= 0.3 is 0 Å². The minimum Gasteiger partial charge on any atom is -0.494 e. The van der Waals surface area contributed by atoms with Gasteiger partial charge in [0.25, 0.3) is 0 Å². The van der Waals surface area contributed by atoms with Crippen molar-refractivity contribution in [2.75, 3.05) is 22.6 Å². The van der Waals surface area contributed by atoms with Crippen molar-refractivity contribution in [3.05, 3.63) is 57.5 Å². The number of ketones is 1. The highest BCUT2D eigenvalue weighted by molar-refractivity contribution is 8.01. The normalized spacial score (nSPS) is 17.2. The summed E-state index contributed by atoms with van der Waals surface area (Å²) >= 11 is 3.77. The molecule has 11 nitrogen and oxygen atoms in total. The first-order valence-corrected chi connectivity index (χ1v) is 14.8. The number of aryl methyl sites for hydroxylation is 1. The van der Waals surface area contributed by atoms with Crippen LogP contribution in [0, 0.1) is 18.3 Å². The summed E-state index contributed by atoms with van der Waals surface area (Å²) in [6.45, 7) is 4.26. The van der Waals surface area contributed by atoms with Crippen molar-refractivity contribution < 1.29 is 14.3 Å². The van der Waals surface area contributed by atoms with Gasteiger partial charge in [-0.1, -0.05) is 46.6 Å². The van der Waals surface area contributed by atoms with Gasteiger partial charge in [-0.25, -0.2) is 0 Å². The highest BCUT2D eigenvalue weighted by Crippen LogP contribution is 2.47. The molecule has 0 radical (unpaired) electrons. The lowest BCUT2D eigenvalue weighted by Gasteiger charge is -2.38. The van der Waals surface area contributed by atoms with Crippen molar-refractivity contribution in [3.8, 4) is 11.8 Å². The molecule has 200 valence electrons. The van der Waals surface area contributed by atoms with Crippen LogP contribution in [0.4, 0.5) is 10.3 Å². The number of carbonyl (C=O) groups excluding carboxylic acids is 2. The number of nitrogens with one attached hydrogen (secondary N) is 1. The summed E-state index contributed by atoms with van der Waals surface area (Å²) in [4.78, 5) is 27.3. The number of nitrogens with zero attached hydrogens (tertiary/aromatic N) is 6. The first kappa shape index (κ1) is 26.8. The Morgan fingerprint density at radius 1 is 1.23 bits per heavy atom. The van der Waals surface area contributed by atoms with Gasteiger partial charge in [0.05, 0.1) is 29.9 Å². The third-order valence-electron chi connectivity index (χ3n) is 6.12. The SMILES string of the molecule is CCOc1ccc(C2C(C#N)=C(N)N(c3nnc(SCC(=O)Nc4nnc(C)s4)s3)C3=C2C(=O)CCC3)cc1. The van der Waals surface area contributed by atoms with Crippen LogP contribution in [0.25, 0.3) is 0 Å². The van der Waals surface area contributed by atoms with Gasteiger partial charge in [-0.15, -0.1) is 20.4 Å². The van der Waals surface area contributed by atoms with E-state index in [2.05, 4.69) is 31.8 Å². The van der Waals surface area contributed by atoms with E-state index in [1.54, 1.807) is 4.90 Å². The van der Waals surface area contributed by atoms with Gasteiger partial charge in [0.2, 0.25) is 16.2 Å². The van der Waals surface area contributed by atoms with Crippen LogP contribution in [-0.4, -0.2) is 44.4 Å². The molecule has 3 N–H and O–H groups in total. The Kier molecular flexibility index (Phi) is 7.92. The maximum atomic E-state index is 13.3. The summed E-state index contributed by atoms with van der Waals surface area (Å²) in [5.74, 6) is 0.223. The lowest BCUT2D eigenvalue weighted by Crippen LogP contribution is -2.38. The van der Waals surface area contributed by atoms with Crippen LogP contribution in [0.3, 0.4) is 0 Å². The Labute approximate surface area is 236 Å². The fraction of sp³-hybridized carbons (Fsp3) is 0.320. The number of nitriles is 1. The van der Waals surface area contributed by atoms with E-state index in [4.69, 9.17) is 10.5 Å². The number of benzene rings is 1. The molecule has 1 aliphatic carbocycles. The number of Topliss-reactive ketones (excluding diaryl/α,β-unsaturated/α-hetero) is 1. The topological polar surface area (TPSA) is 160 Å². The summed E-state index contributed by atoms with van der Waals surface area (Å²) in [5, 5.41) is 30.8. The van der Waals surface area contributed by atoms with Crippen LogP contribution in [0.15, 0.2) is 51.3 Å². The fourth-order valence-corrected chi connectivity index (χ4v) is 6.83. The molecule has 0 fully saturated rings. The molecule has 2 aromatic heterocycles. The Bertz CT molecular complexity index is 1520. The minimum absolute atomic E-state index is 0.0110. The molecule has 14 heteroatoms. The van der Waals surface area contributed by atoms with Crippen LogP contribution >= 0.6 is 34.4 Å². The van der Waals surface area contributed by atoms with E-state index >= 15 is 0 Å². The third-order valence-corrected chi connectivity index (χ3v) is 8.92. The molecule has 3 heterocycles. The highest BCUT2D eigenvalue weighted by atomic mass is 32.2. The number of hydrogen-bond donors (Lipinski definition) is 2. The Balaban J connectivity index is 1.42. The van der Waals surface area contributed by atoms with Gasteiger partial charge in [-0.2, -0.15) is 5.26 Å². The minimum atomic E-state index is -0.570. The van der Waals surface area contributed by atoms with Gasteiger partial charge in [0.1, 0.15) is 16.6 Å². The van der Waals surface area contributed by atoms with Crippen LogP contribution in [0.2, 0.25) is 0 Å². The number of nitrogens with two attached hydrogens (primary N) is 1. The number of ether oxygens (including phenoxy) is 1. The van der Waals surface area contributed by atoms with Crippen molar-refractivity contribution in [1.82, 2.24) is 20.4 Å². The van der Waals surface area contributed by atoms with Gasteiger partial charge < -0.3 is 10.5 Å². The summed E-state index contributed by atoms with van der Waals surface area (Å²) in [5.41, 5.74) is 8.99. The zero-order chi connectivity index (χ0) is 27.5. The quantitative estimate of drug-likeness (QED) is 0.369. The summed E-state index contributed by atoms with van der Waals surface area (Å²) in [6.07, 6.45) is 1.68. The van der Waals surface area contributed by atoms with E-state index in [1.807, 2.05) is 38.1 Å². The molecule has 3 aromatic rings. The van der Waals surface area contributed by atoms with Gasteiger partial charge in [0.15, 0.2) is 10.1 Å². The molecule has 2 aliphatic rings. The first-order valence-electron chi connectivity index (χ1n) is 12.1. The van der Waals surface area contributed by atoms with E-state index in [1.165, 1.54) is 34.4 Å². The number of thioether (sulfide) groups is 1. The second kappa shape index (κ2) is 11.5. The third kappa shape index (κ3) is 5.51. The van der Waals surface area contributed by atoms with Crippen molar-refractivity contribution in [2.45, 2.75) is 43.4 Å².